The van der Waals surface area contributed by atoms with Crippen LogP contribution in [0, 0.1) is 5.82 Å². The van der Waals surface area contributed by atoms with E-state index in [2.05, 4.69) is 20.8 Å². The number of aromatic nitrogens is 3. The summed E-state index contributed by atoms with van der Waals surface area (Å²) in [4.78, 5) is 23.4. The average molecular weight is 456 g/mol. The maximum Gasteiger partial charge on any atom is 0.321 e. The molecule has 3 amide bonds. The monoisotopic (exact) mass is 455 g/mol. The van der Waals surface area contributed by atoms with Crippen LogP contribution in [0.5, 0.6) is 5.75 Å². The molecule has 2 aromatic carbocycles. The summed E-state index contributed by atoms with van der Waals surface area (Å²) in [6, 6.07) is 13.0. The van der Waals surface area contributed by atoms with Crippen LogP contribution in [-0.2, 0) is 17.0 Å². The van der Waals surface area contributed by atoms with E-state index >= 15 is 0 Å². The molecule has 0 aliphatic carbocycles. The van der Waals surface area contributed by atoms with E-state index in [4.69, 9.17) is 4.74 Å². The number of ether oxygens (including phenoxy) is 1. The number of hydrogen-bond donors (Lipinski definition) is 2. The summed E-state index contributed by atoms with van der Waals surface area (Å²) in [6.45, 7) is 2.49. The first-order valence-corrected chi connectivity index (χ1v) is 11.2. The summed E-state index contributed by atoms with van der Waals surface area (Å²) >= 11 is 1.47. The molecule has 2 heterocycles. The van der Waals surface area contributed by atoms with Gasteiger partial charge >= 0.3 is 6.03 Å². The predicted octanol–water partition coefficient (Wildman–Crippen LogP) is 3.24. The third-order valence-corrected chi connectivity index (χ3v) is 5.84. The van der Waals surface area contributed by atoms with Crippen LogP contribution in [0.2, 0.25) is 0 Å². The van der Waals surface area contributed by atoms with Crippen molar-refractivity contribution in [2.75, 3.05) is 6.61 Å². The number of imide groups is 1. The number of carbonyl (C=O) groups is 2. The lowest BCUT2D eigenvalue weighted by Gasteiger charge is -2.23. The summed E-state index contributed by atoms with van der Waals surface area (Å²) in [5, 5.41) is 14.3. The van der Waals surface area contributed by atoms with E-state index < -0.39 is 6.03 Å². The van der Waals surface area contributed by atoms with Crippen molar-refractivity contribution in [3.8, 4) is 11.4 Å². The Morgan fingerprint density at radius 3 is 2.56 bits per heavy atom. The summed E-state index contributed by atoms with van der Waals surface area (Å²) in [7, 11) is 0. The smallest absolute Gasteiger partial charge is 0.321 e. The van der Waals surface area contributed by atoms with Gasteiger partial charge in [0.2, 0.25) is 5.91 Å². The lowest BCUT2D eigenvalue weighted by atomic mass is 10.1. The van der Waals surface area contributed by atoms with Crippen molar-refractivity contribution in [2.45, 2.75) is 36.7 Å². The van der Waals surface area contributed by atoms with E-state index in [9.17, 15) is 14.0 Å². The second-order valence-corrected chi connectivity index (χ2v) is 8.15. The molecule has 1 atom stereocenters. The Morgan fingerprint density at radius 1 is 1.12 bits per heavy atom. The molecular weight excluding hydrogens is 433 g/mol. The van der Waals surface area contributed by atoms with Crippen LogP contribution >= 0.6 is 11.8 Å². The number of carbonyl (C=O) groups excluding carboxylic acids is 2. The van der Waals surface area contributed by atoms with Gasteiger partial charge in [0.25, 0.3) is 0 Å². The fourth-order valence-corrected chi connectivity index (χ4v) is 4.32. The number of halogens is 1. The van der Waals surface area contributed by atoms with Crippen molar-refractivity contribution in [1.82, 2.24) is 25.4 Å². The highest BCUT2D eigenvalue weighted by atomic mass is 32.2. The van der Waals surface area contributed by atoms with Crippen molar-refractivity contribution in [3.63, 3.8) is 0 Å². The summed E-state index contributed by atoms with van der Waals surface area (Å²) < 4.78 is 20.6. The average Bonchev–Trinajstić information content (AvgIpc) is 3.16. The van der Waals surface area contributed by atoms with Gasteiger partial charge in [-0.25, -0.2) is 9.18 Å². The van der Waals surface area contributed by atoms with Crippen molar-refractivity contribution < 1.29 is 18.7 Å². The molecule has 166 valence electrons. The second-order valence-electron chi connectivity index (χ2n) is 7.20. The van der Waals surface area contributed by atoms with Crippen LogP contribution in [0.25, 0.3) is 5.69 Å². The van der Waals surface area contributed by atoms with Crippen LogP contribution in [0.15, 0.2) is 53.7 Å². The third-order valence-electron chi connectivity index (χ3n) is 4.84. The zero-order valence-electron chi connectivity index (χ0n) is 17.4. The minimum Gasteiger partial charge on any atom is -0.494 e. The van der Waals surface area contributed by atoms with Crippen LogP contribution in [-0.4, -0.2) is 39.4 Å². The molecule has 1 aromatic heterocycles. The molecule has 0 spiro atoms. The number of rotatable bonds is 8. The predicted molar refractivity (Wildman–Crippen MR) is 117 cm³/mol. The Hall–Kier alpha value is -3.40. The first kappa shape index (κ1) is 21.8. The Kier molecular flexibility index (Phi) is 6.69. The standard InChI is InChI=1S/C22H22FN5O3S/c1-2-31-18-9-7-17(8-10-18)28-19(11-16-12-20(29)25-21(30)24-16)26-27-22(28)32-13-14-3-5-15(23)6-4-14/h3-10,16H,2,11-13H2,1H3,(H2,24,25,29,30). The second kappa shape index (κ2) is 9.82. The highest BCUT2D eigenvalue weighted by molar-refractivity contribution is 7.98. The van der Waals surface area contributed by atoms with Crippen molar-refractivity contribution in [1.29, 1.82) is 0 Å². The fourth-order valence-electron chi connectivity index (χ4n) is 3.39. The highest BCUT2D eigenvalue weighted by Crippen LogP contribution is 2.27. The summed E-state index contributed by atoms with van der Waals surface area (Å²) in [6.07, 6.45) is 0.510. The number of thioether (sulfide) groups is 1. The SMILES string of the molecule is CCOc1ccc(-n2c(CC3CC(=O)NC(=O)N3)nnc2SCc2ccc(F)cc2)cc1. The van der Waals surface area contributed by atoms with E-state index in [1.807, 2.05) is 35.8 Å². The van der Waals surface area contributed by atoms with E-state index in [0.29, 0.717) is 29.8 Å². The lowest BCUT2D eigenvalue weighted by molar-refractivity contribution is -0.121. The maximum absolute atomic E-state index is 13.2. The number of hydrogen-bond acceptors (Lipinski definition) is 6. The van der Waals surface area contributed by atoms with Crippen molar-refractivity contribution in [2.24, 2.45) is 0 Å². The molecule has 4 rings (SSSR count). The zero-order chi connectivity index (χ0) is 22.5. The molecule has 32 heavy (non-hydrogen) atoms. The molecule has 1 saturated heterocycles. The van der Waals surface area contributed by atoms with Gasteiger partial charge in [-0.1, -0.05) is 23.9 Å². The molecule has 1 aliphatic rings. The third kappa shape index (κ3) is 5.25. The maximum atomic E-state index is 13.2. The Bertz CT molecular complexity index is 1090. The Labute approximate surface area is 188 Å². The minimum atomic E-state index is -0.510. The van der Waals surface area contributed by atoms with Crippen LogP contribution in [0.1, 0.15) is 24.7 Å². The van der Waals surface area contributed by atoms with E-state index in [-0.39, 0.29) is 24.2 Å². The van der Waals surface area contributed by atoms with E-state index in [1.54, 1.807) is 12.1 Å². The first-order chi connectivity index (χ1) is 15.5. The van der Waals surface area contributed by atoms with Gasteiger partial charge in [0.05, 0.1) is 6.61 Å². The normalized spacial score (nSPS) is 15.9. The van der Waals surface area contributed by atoms with Gasteiger partial charge in [0.1, 0.15) is 17.4 Å². The van der Waals surface area contributed by atoms with Gasteiger partial charge in [-0.2, -0.15) is 0 Å². The van der Waals surface area contributed by atoms with E-state index in [1.165, 1.54) is 23.9 Å². The van der Waals surface area contributed by atoms with Crippen LogP contribution in [0.3, 0.4) is 0 Å². The molecular formula is C22H22FN5O3S. The van der Waals surface area contributed by atoms with Crippen molar-refractivity contribution >= 4 is 23.7 Å². The van der Waals surface area contributed by atoms with Gasteiger partial charge in [-0.05, 0) is 48.9 Å². The van der Waals surface area contributed by atoms with Gasteiger partial charge in [0, 0.05) is 30.3 Å². The Balaban J connectivity index is 1.61. The van der Waals surface area contributed by atoms with Crippen LogP contribution in [0.4, 0.5) is 9.18 Å². The number of amides is 3. The molecule has 0 bridgehead atoms. The molecule has 8 nitrogen and oxygen atoms in total. The molecule has 10 heteroatoms. The number of benzene rings is 2. The zero-order valence-corrected chi connectivity index (χ0v) is 18.2. The van der Waals surface area contributed by atoms with Gasteiger partial charge in [-0.15, -0.1) is 10.2 Å². The van der Waals surface area contributed by atoms with Gasteiger partial charge < -0.3 is 10.1 Å². The van der Waals surface area contributed by atoms with Crippen LogP contribution < -0.4 is 15.4 Å². The largest absolute Gasteiger partial charge is 0.494 e. The van der Waals surface area contributed by atoms with E-state index in [0.717, 1.165) is 17.0 Å². The van der Waals surface area contributed by atoms with Gasteiger partial charge in [-0.3, -0.25) is 14.7 Å². The topological polar surface area (TPSA) is 98.1 Å². The molecule has 1 aliphatic heterocycles. The number of urea groups is 1. The minimum absolute atomic E-state index is 0.167. The number of nitrogens with one attached hydrogen (secondary N) is 2. The summed E-state index contributed by atoms with van der Waals surface area (Å²) in [5.41, 5.74) is 1.79. The fraction of sp³-hybridized carbons (Fsp3) is 0.273. The summed E-state index contributed by atoms with van der Waals surface area (Å²) in [5.74, 6) is 1.35. The first-order valence-electron chi connectivity index (χ1n) is 10.2. The molecule has 1 fully saturated rings. The molecule has 1 unspecified atom stereocenters. The number of nitrogens with zero attached hydrogens (tertiary/aromatic N) is 3. The highest BCUT2D eigenvalue weighted by Gasteiger charge is 2.26. The molecule has 3 aromatic rings. The van der Waals surface area contributed by atoms with Gasteiger partial charge in [0.15, 0.2) is 5.16 Å². The van der Waals surface area contributed by atoms with Crippen molar-refractivity contribution in [3.05, 3.63) is 65.7 Å². The lowest BCUT2D eigenvalue weighted by Crippen LogP contribution is -2.53. The molecule has 0 radical (unpaired) electrons. The molecule has 2 N–H and O–H groups in total. The Morgan fingerprint density at radius 2 is 1.88 bits per heavy atom. The molecule has 0 saturated carbocycles. The quantitative estimate of drug-likeness (QED) is 0.506.